The fraction of sp³-hybridized carbons (Fsp3) is 0.500. The largest absolute Gasteiger partial charge is 0.397 e. The Balaban J connectivity index is 2.02. The van der Waals surface area contributed by atoms with E-state index in [0.717, 1.165) is 25.1 Å². The third-order valence-electron chi connectivity index (χ3n) is 3.15. The maximum Gasteiger partial charge on any atom is 0.125 e. The number of anilines is 2. The van der Waals surface area contributed by atoms with Crippen molar-refractivity contribution >= 4 is 11.4 Å². The summed E-state index contributed by atoms with van der Waals surface area (Å²) >= 11 is 0. The van der Waals surface area contributed by atoms with Gasteiger partial charge in [0.05, 0.1) is 17.5 Å². The molecule has 88 valence electrons. The summed E-state index contributed by atoms with van der Waals surface area (Å²) in [5, 5.41) is 9.20. The quantitative estimate of drug-likeness (QED) is 0.767. The highest BCUT2D eigenvalue weighted by Gasteiger charge is 2.28. The molecule has 0 bridgehead atoms. The first kappa shape index (κ1) is 11.2. The molecule has 1 aromatic carbocycles. The predicted octanol–water partition coefficient (Wildman–Crippen LogP) is 1.61. The molecule has 1 fully saturated rings. The Morgan fingerprint density at radius 1 is 1.50 bits per heavy atom. The smallest absolute Gasteiger partial charge is 0.125 e. The number of benzene rings is 1. The van der Waals surface area contributed by atoms with Crippen LogP contribution in [0.2, 0.25) is 0 Å². The van der Waals surface area contributed by atoms with Crippen LogP contribution >= 0.6 is 0 Å². The number of nitrogens with zero attached hydrogens (tertiary/aromatic N) is 1. The van der Waals surface area contributed by atoms with Gasteiger partial charge in [-0.05, 0) is 37.0 Å². The lowest BCUT2D eigenvalue weighted by Crippen LogP contribution is -2.37. The number of nitrogen functional groups attached to an aromatic ring is 1. The summed E-state index contributed by atoms with van der Waals surface area (Å²) in [4.78, 5) is 1.95. The van der Waals surface area contributed by atoms with Crippen molar-refractivity contribution in [3.05, 3.63) is 24.0 Å². The zero-order valence-corrected chi connectivity index (χ0v) is 9.36. The second kappa shape index (κ2) is 4.29. The zero-order chi connectivity index (χ0) is 11.7. The molecule has 0 aromatic heterocycles. The SMILES string of the molecule is CN(CC1CC(O)C1)c1cc(F)ccc1N. The van der Waals surface area contributed by atoms with E-state index in [1.807, 2.05) is 11.9 Å². The minimum absolute atomic E-state index is 0.150. The van der Waals surface area contributed by atoms with Crippen LogP contribution in [0, 0.1) is 11.7 Å². The van der Waals surface area contributed by atoms with Gasteiger partial charge in [-0.2, -0.15) is 0 Å². The fourth-order valence-electron chi connectivity index (χ4n) is 2.18. The molecular formula is C12H17FN2O. The second-order valence-corrected chi connectivity index (χ2v) is 4.57. The van der Waals surface area contributed by atoms with Gasteiger partial charge in [0.15, 0.2) is 0 Å². The van der Waals surface area contributed by atoms with Gasteiger partial charge in [0.2, 0.25) is 0 Å². The summed E-state index contributed by atoms with van der Waals surface area (Å²) in [6, 6.07) is 4.39. The first-order valence-electron chi connectivity index (χ1n) is 5.50. The van der Waals surface area contributed by atoms with Crippen molar-refractivity contribution in [1.82, 2.24) is 0 Å². The van der Waals surface area contributed by atoms with E-state index in [2.05, 4.69) is 0 Å². The van der Waals surface area contributed by atoms with Crippen LogP contribution in [0.15, 0.2) is 18.2 Å². The van der Waals surface area contributed by atoms with Crippen LogP contribution in [0.25, 0.3) is 0 Å². The summed E-state index contributed by atoms with van der Waals surface area (Å²) in [6.45, 7) is 0.810. The average molecular weight is 224 g/mol. The molecule has 1 aromatic rings. The van der Waals surface area contributed by atoms with Crippen LogP contribution in [-0.4, -0.2) is 24.8 Å². The highest BCUT2D eigenvalue weighted by molar-refractivity contribution is 5.67. The van der Waals surface area contributed by atoms with Crippen molar-refractivity contribution in [3.63, 3.8) is 0 Å². The van der Waals surface area contributed by atoms with Crippen LogP contribution in [0.3, 0.4) is 0 Å². The molecule has 1 saturated carbocycles. The third-order valence-corrected chi connectivity index (χ3v) is 3.15. The van der Waals surface area contributed by atoms with E-state index in [1.54, 1.807) is 6.07 Å². The van der Waals surface area contributed by atoms with Gasteiger partial charge in [0, 0.05) is 13.6 Å². The van der Waals surface area contributed by atoms with Crippen LogP contribution in [0.5, 0.6) is 0 Å². The predicted molar refractivity (Wildman–Crippen MR) is 62.8 cm³/mol. The van der Waals surface area contributed by atoms with Gasteiger partial charge in [-0.3, -0.25) is 0 Å². The molecule has 0 radical (unpaired) electrons. The molecule has 0 spiro atoms. The summed E-state index contributed by atoms with van der Waals surface area (Å²) in [5.41, 5.74) is 7.11. The Morgan fingerprint density at radius 3 is 2.81 bits per heavy atom. The zero-order valence-electron chi connectivity index (χ0n) is 9.36. The molecule has 0 unspecified atom stereocenters. The third kappa shape index (κ3) is 2.27. The first-order chi connectivity index (χ1) is 7.56. The Bertz CT molecular complexity index is 377. The van der Waals surface area contributed by atoms with Crippen LogP contribution in [0.4, 0.5) is 15.8 Å². The summed E-state index contributed by atoms with van der Waals surface area (Å²) < 4.78 is 13.1. The molecule has 0 atom stereocenters. The van der Waals surface area contributed by atoms with Crippen molar-refractivity contribution in [2.45, 2.75) is 18.9 Å². The van der Waals surface area contributed by atoms with Crippen LogP contribution < -0.4 is 10.6 Å². The van der Waals surface area contributed by atoms with E-state index in [0.29, 0.717) is 11.6 Å². The number of aliphatic hydroxyl groups excluding tert-OH is 1. The van der Waals surface area contributed by atoms with Crippen molar-refractivity contribution in [3.8, 4) is 0 Å². The Hall–Kier alpha value is -1.29. The minimum Gasteiger partial charge on any atom is -0.397 e. The molecule has 2 rings (SSSR count). The van der Waals surface area contributed by atoms with Gasteiger partial charge < -0.3 is 15.7 Å². The lowest BCUT2D eigenvalue weighted by molar-refractivity contribution is 0.0465. The van der Waals surface area contributed by atoms with Gasteiger partial charge in [0.1, 0.15) is 5.82 Å². The van der Waals surface area contributed by atoms with E-state index in [1.165, 1.54) is 12.1 Å². The van der Waals surface area contributed by atoms with E-state index in [-0.39, 0.29) is 11.9 Å². The number of rotatable bonds is 3. The van der Waals surface area contributed by atoms with E-state index < -0.39 is 0 Å². The monoisotopic (exact) mass is 224 g/mol. The highest BCUT2D eigenvalue weighted by atomic mass is 19.1. The van der Waals surface area contributed by atoms with E-state index >= 15 is 0 Å². The number of hydrogen-bond donors (Lipinski definition) is 2. The number of aliphatic hydroxyl groups is 1. The molecule has 1 aliphatic carbocycles. The first-order valence-corrected chi connectivity index (χ1v) is 5.50. The molecule has 3 N–H and O–H groups in total. The molecule has 4 heteroatoms. The Labute approximate surface area is 94.7 Å². The van der Waals surface area contributed by atoms with Gasteiger partial charge in [0.25, 0.3) is 0 Å². The van der Waals surface area contributed by atoms with Crippen molar-refractivity contribution in [2.75, 3.05) is 24.2 Å². The number of nitrogens with two attached hydrogens (primary N) is 1. The maximum absolute atomic E-state index is 13.1. The lowest BCUT2D eigenvalue weighted by atomic mass is 9.82. The Kier molecular flexibility index (Phi) is 3.01. The van der Waals surface area contributed by atoms with Crippen LogP contribution in [0.1, 0.15) is 12.8 Å². The summed E-state index contributed by atoms with van der Waals surface area (Å²) in [7, 11) is 1.90. The molecule has 0 saturated heterocycles. The molecule has 0 amide bonds. The number of halogens is 1. The summed E-state index contributed by atoms with van der Waals surface area (Å²) in [5.74, 6) is 0.215. The normalized spacial score (nSPS) is 23.9. The molecular weight excluding hydrogens is 207 g/mol. The summed E-state index contributed by atoms with van der Waals surface area (Å²) in [6.07, 6.45) is 1.52. The van der Waals surface area contributed by atoms with Crippen molar-refractivity contribution in [2.24, 2.45) is 5.92 Å². The van der Waals surface area contributed by atoms with Gasteiger partial charge in [-0.15, -0.1) is 0 Å². The molecule has 0 aliphatic heterocycles. The molecule has 1 aliphatic rings. The molecule has 0 heterocycles. The highest BCUT2D eigenvalue weighted by Crippen LogP contribution is 2.30. The second-order valence-electron chi connectivity index (χ2n) is 4.57. The van der Waals surface area contributed by atoms with E-state index in [4.69, 9.17) is 5.73 Å². The van der Waals surface area contributed by atoms with Gasteiger partial charge in [-0.25, -0.2) is 4.39 Å². The van der Waals surface area contributed by atoms with Gasteiger partial charge in [-0.1, -0.05) is 0 Å². The lowest BCUT2D eigenvalue weighted by Gasteiger charge is -2.35. The van der Waals surface area contributed by atoms with Crippen LogP contribution in [-0.2, 0) is 0 Å². The average Bonchev–Trinajstić information content (AvgIpc) is 2.19. The minimum atomic E-state index is -0.273. The van der Waals surface area contributed by atoms with E-state index in [9.17, 15) is 9.50 Å². The fourth-order valence-corrected chi connectivity index (χ4v) is 2.18. The maximum atomic E-state index is 13.1. The molecule has 3 nitrogen and oxygen atoms in total. The standard InChI is InChI=1S/C12H17FN2O/c1-15(7-8-4-10(16)5-8)12-6-9(13)2-3-11(12)14/h2-3,6,8,10,16H,4-5,7,14H2,1H3. The van der Waals surface area contributed by atoms with Crippen molar-refractivity contribution < 1.29 is 9.50 Å². The topological polar surface area (TPSA) is 49.5 Å². The van der Waals surface area contributed by atoms with Crippen molar-refractivity contribution in [1.29, 1.82) is 0 Å². The molecule has 16 heavy (non-hydrogen) atoms. The van der Waals surface area contributed by atoms with Gasteiger partial charge >= 0.3 is 0 Å². The Morgan fingerprint density at radius 2 is 2.19 bits per heavy atom. The number of hydrogen-bond acceptors (Lipinski definition) is 3.